The summed E-state index contributed by atoms with van der Waals surface area (Å²) in [6.07, 6.45) is 0. The number of hydrogen-bond donors (Lipinski definition) is 2. The third kappa shape index (κ3) is 2.46. The van der Waals surface area contributed by atoms with Crippen LogP contribution in [0.2, 0.25) is 5.15 Å². The van der Waals surface area contributed by atoms with Gasteiger partial charge in [-0.05, 0) is 23.8 Å². The maximum atomic E-state index is 5.99. The molecule has 0 bridgehead atoms. The highest BCUT2D eigenvalue weighted by Crippen LogP contribution is 2.28. The zero-order valence-electron chi connectivity index (χ0n) is 9.14. The van der Waals surface area contributed by atoms with Crippen molar-refractivity contribution in [1.82, 2.24) is 10.2 Å². The molecular formula is C11H11ClN4O. The quantitative estimate of drug-likeness (QED) is 0.645. The Morgan fingerprint density at radius 1 is 1.24 bits per heavy atom. The predicted octanol–water partition coefficient (Wildman–Crippen LogP) is 2.09. The van der Waals surface area contributed by atoms with E-state index in [1.54, 1.807) is 13.2 Å². The number of aromatic nitrogens is 2. The zero-order valence-corrected chi connectivity index (χ0v) is 9.90. The van der Waals surface area contributed by atoms with Gasteiger partial charge in [-0.15, -0.1) is 10.2 Å². The Hall–Kier alpha value is -1.85. The molecule has 0 aliphatic rings. The molecule has 1 heterocycles. The number of hydrazine groups is 1. The van der Waals surface area contributed by atoms with Gasteiger partial charge in [0.2, 0.25) is 0 Å². The van der Waals surface area contributed by atoms with Crippen molar-refractivity contribution in [1.29, 1.82) is 0 Å². The van der Waals surface area contributed by atoms with E-state index in [2.05, 4.69) is 15.6 Å². The lowest BCUT2D eigenvalue weighted by Gasteiger charge is -2.06. The van der Waals surface area contributed by atoms with E-state index < -0.39 is 0 Å². The average Bonchev–Trinajstić information content (AvgIpc) is 2.39. The molecule has 1 aromatic carbocycles. The van der Waals surface area contributed by atoms with E-state index in [9.17, 15) is 0 Å². The van der Waals surface area contributed by atoms with Crippen LogP contribution in [0.1, 0.15) is 0 Å². The van der Waals surface area contributed by atoms with E-state index in [1.165, 1.54) is 0 Å². The molecule has 0 atom stereocenters. The summed E-state index contributed by atoms with van der Waals surface area (Å²) >= 11 is 5.99. The largest absolute Gasteiger partial charge is 0.497 e. The molecule has 0 amide bonds. The Morgan fingerprint density at radius 3 is 2.53 bits per heavy atom. The first-order valence-corrected chi connectivity index (χ1v) is 5.26. The Labute approximate surface area is 104 Å². The van der Waals surface area contributed by atoms with Gasteiger partial charge >= 0.3 is 0 Å². The Kier molecular flexibility index (Phi) is 3.41. The number of ether oxygens (including phenoxy) is 1. The van der Waals surface area contributed by atoms with Crippen LogP contribution in [-0.2, 0) is 0 Å². The lowest BCUT2D eigenvalue weighted by molar-refractivity contribution is 0.415. The van der Waals surface area contributed by atoms with Crippen molar-refractivity contribution in [3.8, 4) is 16.9 Å². The van der Waals surface area contributed by atoms with E-state index in [0.717, 1.165) is 16.9 Å². The van der Waals surface area contributed by atoms with Gasteiger partial charge in [-0.3, -0.25) is 0 Å². The molecule has 0 aliphatic heterocycles. The van der Waals surface area contributed by atoms with Gasteiger partial charge in [0, 0.05) is 5.56 Å². The molecule has 5 nitrogen and oxygen atoms in total. The second kappa shape index (κ2) is 4.99. The van der Waals surface area contributed by atoms with Gasteiger partial charge in [-0.25, -0.2) is 5.84 Å². The van der Waals surface area contributed by atoms with Crippen LogP contribution in [0.3, 0.4) is 0 Å². The molecule has 2 rings (SSSR count). The van der Waals surface area contributed by atoms with Crippen LogP contribution in [0.15, 0.2) is 30.3 Å². The third-order valence-electron chi connectivity index (χ3n) is 2.30. The average molecular weight is 251 g/mol. The van der Waals surface area contributed by atoms with Crippen molar-refractivity contribution < 1.29 is 4.74 Å². The summed E-state index contributed by atoms with van der Waals surface area (Å²) in [4.78, 5) is 0. The Balaban J connectivity index is 2.43. The number of benzene rings is 1. The molecule has 0 radical (unpaired) electrons. The topological polar surface area (TPSA) is 73.1 Å². The number of nitrogens with zero attached hydrogens (tertiary/aromatic N) is 2. The van der Waals surface area contributed by atoms with Crippen molar-refractivity contribution >= 4 is 17.4 Å². The van der Waals surface area contributed by atoms with Crippen LogP contribution in [0.5, 0.6) is 5.75 Å². The van der Waals surface area contributed by atoms with E-state index in [0.29, 0.717) is 11.0 Å². The summed E-state index contributed by atoms with van der Waals surface area (Å²) in [5.41, 5.74) is 4.11. The zero-order chi connectivity index (χ0) is 12.3. The van der Waals surface area contributed by atoms with E-state index in [4.69, 9.17) is 22.2 Å². The summed E-state index contributed by atoms with van der Waals surface area (Å²) in [5.74, 6) is 6.52. The minimum Gasteiger partial charge on any atom is -0.497 e. The number of hydrogen-bond acceptors (Lipinski definition) is 5. The summed E-state index contributed by atoms with van der Waals surface area (Å²) < 4.78 is 5.09. The highest BCUT2D eigenvalue weighted by molar-refractivity contribution is 6.32. The van der Waals surface area contributed by atoms with E-state index in [1.807, 2.05) is 24.3 Å². The number of nitrogens with two attached hydrogens (primary N) is 1. The second-order valence-electron chi connectivity index (χ2n) is 3.31. The molecule has 0 fully saturated rings. The predicted molar refractivity (Wildman–Crippen MR) is 66.8 cm³/mol. The van der Waals surface area contributed by atoms with Gasteiger partial charge in [0.1, 0.15) is 5.75 Å². The van der Waals surface area contributed by atoms with Gasteiger partial charge in [0.25, 0.3) is 0 Å². The number of halogens is 1. The van der Waals surface area contributed by atoms with Crippen LogP contribution in [0.25, 0.3) is 11.1 Å². The second-order valence-corrected chi connectivity index (χ2v) is 3.66. The van der Waals surface area contributed by atoms with Gasteiger partial charge in [-0.1, -0.05) is 23.7 Å². The summed E-state index contributed by atoms with van der Waals surface area (Å²) in [7, 11) is 1.62. The minimum atomic E-state index is 0.328. The van der Waals surface area contributed by atoms with Gasteiger partial charge in [0.05, 0.1) is 7.11 Å². The van der Waals surface area contributed by atoms with E-state index in [-0.39, 0.29) is 0 Å². The Morgan fingerprint density at radius 2 is 1.94 bits per heavy atom. The molecule has 0 spiro atoms. The smallest absolute Gasteiger partial charge is 0.163 e. The van der Waals surface area contributed by atoms with E-state index >= 15 is 0 Å². The third-order valence-corrected chi connectivity index (χ3v) is 2.58. The molecule has 0 unspecified atom stereocenters. The van der Waals surface area contributed by atoms with Crippen LogP contribution in [0, 0.1) is 0 Å². The SMILES string of the molecule is COc1ccc(-c2cc(NN)nnc2Cl)cc1. The van der Waals surface area contributed by atoms with Crippen molar-refractivity contribution in [2.75, 3.05) is 12.5 Å². The summed E-state index contributed by atoms with van der Waals surface area (Å²) in [6, 6.07) is 9.21. The number of rotatable bonds is 3. The molecule has 0 aliphatic carbocycles. The first kappa shape index (κ1) is 11.6. The first-order chi connectivity index (χ1) is 8.24. The first-order valence-electron chi connectivity index (χ1n) is 4.89. The highest BCUT2D eigenvalue weighted by Gasteiger charge is 2.07. The molecule has 0 saturated heterocycles. The van der Waals surface area contributed by atoms with Gasteiger partial charge in [-0.2, -0.15) is 0 Å². The standard InChI is InChI=1S/C11H11ClN4O/c1-17-8-4-2-7(3-5-8)9-6-10(14-13)15-16-11(9)12/h2-6H,13H2,1H3,(H,14,15). The van der Waals surface area contributed by atoms with Gasteiger partial charge in [0.15, 0.2) is 11.0 Å². The monoisotopic (exact) mass is 250 g/mol. The normalized spacial score (nSPS) is 10.1. The fourth-order valence-electron chi connectivity index (χ4n) is 1.42. The Bertz CT molecular complexity index is 515. The maximum absolute atomic E-state index is 5.99. The molecule has 6 heteroatoms. The van der Waals surface area contributed by atoms with Crippen LogP contribution in [0.4, 0.5) is 5.82 Å². The molecule has 3 N–H and O–H groups in total. The summed E-state index contributed by atoms with van der Waals surface area (Å²) in [5, 5.41) is 7.91. The van der Waals surface area contributed by atoms with Crippen LogP contribution < -0.4 is 16.0 Å². The highest BCUT2D eigenvalue weighted by atomic mass is 35.5. The van der Waals surface area contributed by atoms with Crippen molar-refractivity contribution in [2.24, 2.45) is 5.84 Å². The number of methoxy groups -OCH3 is 1. The fraction of sp³-hybridized carbons (Fsp3) is 0.0909. The van der Waals surface area contributed by atoms with Gasteiger partial charge < -0.3 is 10.2 Å². The lowest BCUT2D eigenvalue weighted by Crippen LogP contribution is -2.09. The molecular weight excluding hydrogens is 240 g/mol. The minimum absolute atomic E-state index is 0.328. The van der Waals surface area contributed by atoms with Crippen molar-refractivity contribution in [2.45, 2.75) is 0 Å². The molecule has 2 aromatic rings. The van der Waals surface area contributed by atoms with Crippen LogP contribution in [-0.4, -0.2) is 17.3 Å². The number of nitrogen functional groups attached to an aromatic ring is 1. The fourth-order valence-corrected chi connectivity index (χ4v) is 1.62. The van der Waals surface area contributed by atoms with Crippen LogP contribution >= 0.6 is 11.6 Å². The number of nitrogens with one attached hydrogen (secondary N) is 1. The lowest BCUT2D eigenvalue weighted by atomic mass is 10.1. The molecule has 0 saturated carbocycles. The summed E-state index contributed by atoms with van der Waals surface area (Å²) in [6.45, 7) is 0. The van der Waals surface area contributed by atoms with Crippen molar-refractivity contribution in [3.05, 3.63) is 35.5 Å². The number of anilines is 1. The maximum Gasteiger partial charge on any atom is 0.163 e. The molecule has 17 heavy (non-hydrogen) atoms. The van der Waals surface area contributed by atoms with Crippen molar-refractivity contribution in [3.63, 3.8) is 0 Å². The molecule has 1 aromatic heterocycles. The molecule has 88 valence electrons.